The van der Waals surface area contributed by atoms with Gasteiger partial charge in [-0.3, -0.25) is 0 Å². The van der Waals surface area contributed by atoms with Crippen molar-refractivity contribution < 1.29 is 17.9 Å². The van der Waals surface area contributed by atoms with Crippen LogP contribution < -0.4 is 9.47 Å². The number of hydrogen-bond donors (Lipinski definition) is 0. The molecule has 1 aromatic carbocycles. The smallest absolute Gasteiger partial charge is 0.147 e. The summed E-state index contributed by atoms with van der Waals surface area (Å²) in [5.74, 6) is 1.85. The summed E-state index contributed by atoms with van der Waals surface area (Å²) in [6.45, 7) is 3.03. The molecule has 0 N–H and O–H groups in total. The highest BCUT2D eigenvalue weighted by atomic mass is 35.5. The van der Waals surface area contributed by atoms with Gasteiger partial charge < -0.3 is 9.47 Å². The minimum absolute atomic E-state index is 0.120. The number of benzene rings is 1. The Kier molecular flexibility index (Phi) is 7.16. The van der Waals surface area contributed by atoms with Crippen molar-refractivity contribution in [1.82, 2.24) is 0 Å². The molecule has 0 saturated heterocycles. The van der Waals surface area contributed by atoms with E-state index < -0.39 is 9.84 Å². The predicted octanol–water partition coefficient (Wildman–Crippen LogP) is 3.03. The summed E-state index contributed by atoms with van der Waals surface area (Å²) in [4.78, 5) is 0. The normalized spacial score (nSPS) is 11.3. The van der Waals surface area contributed by atoms with Crippen LogP contribution in [0.2, 0.25) is 0 Å². The molecule has 0 bridgehead atoms. The Morgan fingerprint density at radius 1 is 1.20 bits per heavy atom. The molecule has 0 spiro atoms. The summed E-state index contributed by atoms with van der Waals surface area (Å²) in [5.41, 5.74) is 0.870. The summed E-state index contributed by atoms with van der Waals surface area (Å²) in [6, 6.07) is 5.52. The molecule has 6 heteroatoms. The average molecular weight is 321 g/mol. The molecule has 20 heavy (non-hydrogen) atoms. The third-order valence-corrected chi connectivity index (χ3v) is 3.89. The largest absolute Gasteiger partial charge is 0.493 e. The van der Waals surface area contributed by atoms with Crippen LogP contribution in [0.1, 0.15) is 25.3 Å². The monoisotopic (exact) mass is 320 g/mol. The molecule has 0 radical (unpaired) electrons. The van der Waals surface area contributed by atoms with Crippen molar-refractivity contribution in [3.05, 3.63) is 23.8 Å². The second-order valence-corrected chi connectivity index (χ2v) is 7.11. The van der Waals surface area contributed by atoms with Gasteiger partial charge in [0.05, 0.1) is 24.8 Å². The topological polar surface area (TPSA) is 52.6 Å². The van der Waals surface area contributed by atoms with Gasteiger partial charge in [0.1, 0.15) is 21.3 Å². The van der Waals surface area contributed by atoms with E-state index in [9.17, 15) is 8.42 Å². The maximum absolute atomic E-state index is 11.0. The maximum atomic E-state index is 11.0. The van der Waals surface area contributed by atoms with Crippen LogP contribution in [0, 0.1) is 0 Å². The molecular formula is C14H21ClO4S. The van der Waals surface area contributed by atoms with Crippen molar-refractivity contribution in [3.63, 3.8) is 0 Å². The molecule has 0 aromatic heterocycles. The molecule has 114 valence electrons. The second kappa shape index (κ2) is 8.37. The number of sulfone groups is 1. The Morgan fingerprint density at radius 2 is 1.95 bits per heavy atom. The molecule has 0 aliphatic heterocycles. The van der Waals surface area contributed by atoms with Gasteiger partial charge in [-0.2, -0.15) is 0 Å². The van der Waals surface area contributed by atoms with Crippen molar-refractivity contribution >= 4 is 21.4 Å². The van der Waals surface area contributed by atoms with Crippen molar-refractivity contribution in [3.8, 4) is 11.5 Å². The van der Waals surface area contributed by atoms with E-state index in [1.807, 2.05) is 19.1 Å². The van der Waals surface area contributed by atoms with Gasteiger partial charge in [-0.15, -0.1) is 11.6 Å². The van der Waals surface area contributed by atoms with E-state index in [1.165, 1.54) is 6.26 Å². The van der Waals surface area contributed by atoms with Gasteiger partial charge in [0.25, 0.3) is 0 Å². The highest BCUT2D eigenvalue weighted by Gasteiger charge is 2.07. The highest BCUT2D eigenvalue weighted by Crippen LogP contribution is 2.26. The van der Waals surface area contributed by atoms with Crippen molar-refractivity contribution in [2.45, 2.75) is 25.6 Å². The van der Waals surface area contributed by atoms with E-state index in [0.717, 1.165) is 17.7 Å². The lowest BCUT2D eigenvalue weighted by molar-refractivity contribution is 0.300. The van der Waals surface area contributed by atoms with Gasteiger partial charge in [-0.05, 0) is 18.9 Å². The van der Waals surface area contributed by atoms with Crippen molar-refractivity contribution in [2.75, 3.05) is 25.2 Å². The first-order valence-corrected chi connectivity index (χ1v) is 9.18. The van der Waals surface area contributed by atoms with Crippen LogP contribution in [0.4, 0.5) is 0 Å². The number of rotatable bonds is 9. The van der Waals surface area contributed by atoms with Crippen LogP contribution in [0.15, 0.2) is 18.2 Å². The van der Waals surface area contributed by atoms with E-state index >= 15 is 0 Å². The highest BCUT2D eigenvalue weighted by molar-refractivity contribution is 7.90. The zero-order chi connectivity index (χ0) is 15.0. The molecule has 1 rings (SSSR count). The van der Waals surface area contributed by atoms with Crippen LogP contribution in [-0.4, -0.2) is 33.6 Å². The van der Waals surface area contributed by atoms with Crippen molar-refractivity contribution in [1.29, 1.82) is 0 Å². The predicted molar refractivity (Wildman–Crippen MR) is 81.6 cm³/mol. The van der Waals surface area contributed by atoms with E-state index in [2.05, 4.69) is 0 Å². The first-order chi connectivity index (χ1) is 9.46. The van der Waals surface area contributed by atoms with Crippen molar-refractivity contribution in [2.24, 2.45) is 0 Å². The summed E-state index contributed by atoms with van der Waals surface area (Å²) >= 11 is 5.86. The quantitative estimate of drug-likeness (QED) is 0.518. The number of alkyl halides is 1. The van der Waals surface area contributed by atoms with Gasteiger partial charge in [-0.1, -0.05) is 13.0 Å². The van der Waals surface area contributed by atoms with Crippen LogP contribution in [-0.2, 0) is 15.7 Å². The Morgan fingerprint density at radius 3 is 2.55 bits per heavy atom. The summed E-state index contributed by atoms with van der Waals surface area (Å²) in [6.07, 6.45) is 2.61. The summed E-state index contributed by atoms with van der Waals surface area (Å²) in [7, 11) is -2.95. The fourth-order valence-corrected chi connectivity index (χ4v) is 2.46. The molecule has 1 aromatic rings. The van der Waals surface area contributed by atoms with Gasteiger partial charge in [0.2, 0.25) is 0 Å². The standard InChI is InChI=1S/C14H21ClO4S/c1-3-7-18-13-6-5-12(11-15)14(10-13)19-8-4-9-20(2,16)17/h5-6,10H,3-4,7-9,11H2,1-2H3. The molecular weight excluding hydrogens is 300 g/mol. The van der Waals surface area contributed by atoms with E-state index in [4.69, 9.17) is 21.1 Å². The third-order valence-electron chi connectivity index (χ3n) is 2.57. The van der Waals surface area contributed by atoms with E-state index in [0.29, 0.717) is 31.3 Å². The van der Waals surface area contributed by atoms with Gasteiger partial charge in [0.15, 0.2) is 0 Å². The van der Waals surface area contributed by atoms with Gasteiger partial charge >= 0.3 is 0 Å². The van der Waals surface area contributed by atoms with Crippen LogP contribution >= 0.6 is 11.6 Å². The minimum Gasteiger partial charge on any atom is -0.493 e. The minimum atomic E-state index is -2.95. The Labute approximate surface area is 126 Å². The SMILES string of the molecule is CCCOc1ccc(CCl)c(OCCCS(C)(=O)=O)c1. The lowest BCUT2D eigenvalue weighted by Gasteiger charge is -2.12. The number of halogens is 1. The fraction of sp³-hybridized carbons (Fsp3) is 0.571. The molecule has 0 saturated carbocycles. The maximum Gasteiger partial charge on any atom is 0.147 e. The van der Waals surface area contributed by atoms with E-state index in [-0.39, 0.29) is 5.75 Å². The van der Waals surface area contributed by atoms with Gasteiger partial charge in [-0.25, -0.2) is 8.42 Å². The molecule has 0 atom stereocenters. The first kappa shape index (κ1) is 17.1. The zero-order valence-electron chi connectivity index (χ0n) is 11.9. The molecule has 4 nitrogen and oxygen atoms in total. The van der Waals surface area contributed by atoms with Crippen LogP contribution in [0.5, 0.6) is 11.5 Å². The molecule has 0 heterocycles. The van der Waals surface area contributed by atoms with Crippen LogP contribution in [0.3, 0.4) is 0 Å². The number of hydrogen-bond acceptors (Lipinski definition) is 4. The Bertz CT molecular complexity index is 514. The van der Waals surface area contributed by atoms with E-state index in [1.54, 1.807) is 6.07 Å². The van der Waals surface area contributed by atoms with Gasteiger partial charge in [0, 0.05) is 17.9 Å². The lowest BCUT2D eigenvalue weighted by Crippen LogP contribution is -2.08. The third kappa shape index (κ3) is 6.48. The molecule has 0 amide bonds. The lowest BCUT2D eigenvalue weighted by atomic mass is 10.2. The zero-order valence-corrected chi connectivity index (χ0v) is 13.5. The molecule has 0 aliphatic carbocycles. The summed E-state index contributed by atoms with van der Waals surface area (Å²) < 4.78 is 33.2. The fourth-order valence-electron chi connectivity index (χ4n) is 1.59. The molecule has 0 fully saturated rings. The molecule has 0 aliphatic rings. The van der Waals surface area contributed by atoms with Crippen LogP contribution in [0.25, 0.3) is 0 Å². The molecule has 0 unspecified atom stereocenters. The summed E-state index contributed by atoms with van der Waals surface area (Å²) in [5, 5.41) is 0. The Balaban J connectivity index is 2.61. The second-order valence-electron chi connectivity index (χ2n) is 4.58. The Hall–Kier alpha value is -0.940. The number of ether oxygens (including phenoxy) is 2. The average Bonchev–Trinajstić information content (AvgIpc) is 2.40. The first-order valence-electron chi connectivity index (χ1n) is 6.58.